The first-order valence-electron chi connectivity index (χ1n) is 7.77. The zero-order valence-electron chi connectivity index (χ0n) is 12.9. The van der Waals surface area contributed by atoms with Gasteiger partial charge in [0.15, 0.2) is 0 Å². The monoisotopic (exact) mass is 297 g/mol. The predicted molar refractivity (Wildman–Crippen MR) is 80.4 cm³/mol. The van der Waals surface area contributed by atoms with Crippen LogP contribution in [0.4, 0.5) is 8.78 Å². The van der Waals surface area contributed by atoms with Crippen molar-refractivity contribution in [1.82, 2.24) is 5.32 Å². The van der Waals surface area contributed by atoms with Gasteiger partial charge in [-0.3, -0.25) is 0 Å². The van der Waals surface area contributed by atoms with Gasteiger partial charge in [-0.1, -0.05) is 31.7 Å². The molecule has 0 heterocycles. The molecule has 21 heavy (non-hydrogen) atoms. The van der Waals surface area contributed by atoms with Crippen LogP contribution in [0.25, 0.3) is 0 Å². The smallest absolute Gasteiger partial charge is 0.129 e. The molecular formula is C17H25F2NO. The van der Waals surface area contributed by atoms with Crippen molar-refractivity contribution in [2.24, 2.45) is 0 Å². The number of ether oxygens (including phenoxy) is 1. The van der Waals surface area contributed by atoms with Crippen LogP contribution >= 0.6 is 0 Å². The number of benzene rings is 1. The average molecular weight is 297 g/mol. The molecule has 1 aliphatic carbocycles. The number of methoxy groups -OCH3 is 1. The van der Waals surface area contributed by atoms with Crippen LogP contribution in [0, 0.1) is 11.6 Å². The predicted octanol–water partition coefficient (Wildman–Crippen LogP) is 3.83. The molecule has 2 nitrogen and oxygen atoms in total. The van der Waals surface area contributed by atoms with E-state index >= 15 is 0 Å². The quantitative estimate of drug-likeness (QED) is 0.834. The van der Waals surface area contributed by atoms with Gasteiger partial charge in [0, 0.05) is 19.2 Å². The molecule has 0 bridgehead atoms. The maximum absolute atomic E-state index is 13.9. The van der Waals surface area contributed by atoms with E-state index < -0.39 is 11.6 Å². The summed E-state index contributed by atoms with van der Waals surface area (Å²) in [6, 6.07) is 3.84. The Morgan fingerprint density at radius 1 is 1.19 bits per heavy atom. The van der Waals surface area contributed by atoms with E-state index in [-0.39, 0.29) is 11.6 Å². The SMILES string of the molecule is CNC(Cc1ccc(F)cc1F)C1(OC)CCCCCC1. The van der Waals surface area contributed by atoms with Gasteiger partial charge in [0.05, 0.1) is 5.60 Å². The normalized spacial score (nSPS) is 20.0. The Balaban J connectivity index is 2.20. The van der Waals surface area contributed by atoms with Crippen LogP contribution < -0.4 is 5.32 Å². The van der Waals surface area contributed by atoms with Crippen LogP contribution in [-0.2, 0) is 11.2 Å². The van der Waals surface area contributed by atoms with Crippen molar-refractivity contribution in [1.29, 1.82) is 0 Å². The first-order valence-corrected chi connectivity index (χ1v) is 7.77. The maximum atomic E-state index is 13.9. The van der Waals surface area contributed by atoms with Gasteiger partial charge in [0.2, 0.25) is 0 Å². The summed E-state index contributed by atoms with van der Waals surface area (Å²) < 4.78 is 32.8. The van der Waals surface area contributed by atoms with Crippen LogP contribution in [0.1, 0.15) is 44.1 Å². The van der Waals surface area contributed by atoms with Crippen molar-refractivity contribution in [3.05, 3.63) is 35.4 Å². The van der Waals surface area contributed by atoms with E-state index in [1.54, 1.807) is 7.11 Å². The summed E-state index contributed by atoms with van der Waals surface area (Å²) in [6.07, 6.45) is 7.21. The molecule has 1 fully saturated rings. The van der Waals surface area contributed by atoms with E-state index in [0.29, 0.717) is 12.0 Å². The lowest BCUT2D eigenvalue weighted by atomic mass is 9.82. The summed E-state index contributed by atoms with van der Waals surface area (Å²) in [6.45, 7) is 0. The highest BCUT2D eigenvalue weighted by Gasteiger charge is 2.38. The van der Waals surface area contributed by atoms with Gasteiger partial charge in [-0.25, -0.2) is 8.78 Å². The van der Waals surface area contributed by atoms with E-state index in [0.717, 1.165) is 31.7 Å². The van der Waals surface area contributed by atoms with Crippen LogP contribution in [0.2, 0.25) is 0 Å². The van der Waals surface area contributed by atoms with Gasteiger partial charge in [-0.15, -0.1) is 0 Å². The highest BCUT2D eigenvalue weighted by molar-refractivity contribution is 5.20. The summed E-state index contributed by atoms with van der Waals surface area (Å²) in [5.41, 5.74) is 0.280. The van der Waals surface area contributed by atoms with Gasteiger partial charge in [0.1, 0.15) is 11.6 Å². The van der Waals surface area contributed by atoms with E-state index in [2.05, 4.69) is 5.32 Å². The van der Waals surface area contributed by atoms with Crippen molar-refractivity contribution < 1.29 is 13.5 Å². The number of likely N-dealkylation sites (N-methyl/N-ethyl adjacent to an activating group) is 1. The summed E-state index contributed by atoms with van der Waals surface area (Å²) in [5.74, 6) is -1.01. The zero-order chi connectivity index (χ0) is 15.3. The van der Waals surface area contributed by atoms with E-state index in [1.165, 1.54) is 25.0 Å². The van der Waals surface area contributed by atoms with Crippen molar-refractivity contribution >= 4 is 0 Å². The Morgan fingerprint density at radius 3 is 2.38 bits per heavy atom. The number of hydrogen-bond donors (Lipinski definition) is 1. The van der Waals surface area contributed by atoms with Gasteiger partial charge in [-0.05, 0) is 37.9 Å². The molecule has 4 heteroatoms. The Hall–Kier alpha value is -1.00. The first-order chi connectivity index (χ1) is 10.1. The molecule has 0 aliphatic heterocycles. The zero-order valence-corrected chi connectivity index (χ0v) is 12.9. The Morgan fingerprint density at radius 2 is 1.86 bits per heavy atom. The summed E-state index contributed by atoms with van der Waals surface area (Å²) in [4.78, 5) is 0. The topological polar surface area (TPSA) is 21.3 Å². The second kappa shape index (κ2) is 7.32. The second-order valence-electron chi connectivity index (χ2n) is 5.96. The van der Waals surface area contributed by atoms with Crippen molar-refractivity contribution in [3.63, 3.8) is 0 Å². The molecule has 1 aromatic carbocycles. The molecule has 1 aromatic rings. The molecule has 0 spiro atoms. The van der Waals surface area contributed by atoms with Crippen molar-refractivity contribution in [3.8, 4) is 0 Å². The third-order valence-corrected chi connectivity index (χ3v) is 4.78. The maximum Gasteiger partial charge on any atom is 0.129 e. The number of halogens is 2. The van der Waals surface area contributed by atoms with Crippen molar-refractivity contribution in [2.75, 3.05) is 14.2 Å². The highest BCUT2D eigenvalue weighted by atomic mass is 19.1. The summed E-state index contributed by atoms with van der Waals surface area (Å²) in [7, 11) is 3.63. The molecule has 1 saturated carbocycles. The van der Waals surface area contributed by atoms with Gasteiger partial charge in [-0.2, -0.15) is 0 Å². The molecule has 118 valence electrons. The molecule has 1 N–H and O–H groups in total. The van der Waals surface area contributed by atoms with Crippen LogP contribution in [0.15, 0.2) is 18.2 Å². The van der Waals surface area contributed by atoms with Crippen LogP contribution in [-0.4, -0.2) is 25.8 Å². The average Bonchev–Trinajstić information content (AvgIpc) is 2.73. The minimum Gasteiger partial charge on any atom is -0.377 e. The minimum atomic E-state index is -0.534. The summed E-state index contributed by atoms with van der Waals surface area (Å²) in [5, 5.41) is 3.30. The third-order valence-electron chi connectivity index (χ3n) is 4.78. The molecule has 0 radical (unpaired) electrons. The van der Waals surface area contributed by atoms with E-state index in [4.69, 9.17) is 4.74 Å². The van der Waals surface area contributed by atoms with Crippen molar-refractivity contribution in [2.45, 2.75) is 56.6 Å². The summed E-state index contributed by atoms with van der Waals surface area (Å²) >= 11 is 0. The van der Waals surface area contributed by atoms with Crippen LogP contribution in [0.3, 0.4) is 0 Å². The lowest BCUT2D eigenvalue weighted by molar-refractivity contribution is -0.0510. The molecule has 0 saturated heterocycles. The Labute approximate surface area is 125 Å². The molecule has 1 atom stereocenters. The second-order valence-corrected chi connectivity index (χ2v) is 5.96. The molecule has 0 aromatic heterocycles. The fourth-order valence-electron chi connectivity index (χ4n) is 3.48. The lowest BCUT2D eigenvalue weighted by Gasteiger charge is -2.39. The minimum absolute atomic E-state index is 0.0283. The molecule has 0 amide bonds. The number of rotatable bonds is 5. The molecule has 2 rings (SSSR count). The van der Waals surface area contributed by atoms with E-state index in [9.17, 15) is 8.78 Å². The van der Waals surface area contributed by atoms with Gasteiger partial charge < -0.3 is 10.1 Å². The molecular weight excluding hydrogens is 272 g/mol. The lowest BCUT2D eigenvalue weighted by Crippen LogP contribution is -2.52. The first kappa shape index (κ1) is 16.4. The van der Waals surface area contributed by atoms with Gasteiger partial charge in [0.25, 0.3) is 0 Å². The van der Waals surface area contributed by atoms with E-state index in [1.807, 2.05) is 7.05 Å². The highest BCUT2D eigenvalue weighted by Crippen LogP contribution is 2.34. The fraction of sp³-hybridized carbons (Fsp3) is 0.647. The number of hydrogen-bond acceptors (Lipinski definition) is 2. The Kier molecular flexibility index (Phi) is 5.71. The van der Waals surface area contributed by atoms with Crippen LogP contribution in [0.5, 0.6) is 0 Å². The molecule has 1 aliphatic rings. The number of nitrogens with one attached hydrogen (secondary N) is 1. The fourth-order valence-corrected chi connectivity index (χ4v) is 3.48. The largest absolute Gasteiger partial charge is 0.377 e. The van der Waals surface area contributed by atoms with Gasteiger partial charge >= 0.3 is 0 Å². The molecule has 1 unspecified atom stereocenters. The standard InChI is InChI=1S/C17H25F2NO/c1-20-16(11-13-7-8-14(18)12-15(13)19)17(21-2)9-5-3-4-6-10-17/h7-8,12,16,20H,3-6,9-11H2,1-2H3. The Bertz CT molecular complexity index is 456. The third kappa shape index (κ3) is 3.80.